The molecule has 0 aliphatic carbocycles. The van der Waals surface area contributed by atoms with Crippen molar-refractivity contribution in [3.05, 3.63) is 69.2 Å². The summed E-state index contributed by atoms with van der Waals surface area (Å²) in [6, 6.07) is 13.6. The van der Waals surface area contributed by atoms with Gasteiger partial charge in [0.2, 0.25) is 0 Å². The molecule has 0 atom stereocenters. The van der Waals surface area contributed by atoms with E-state index in [0.29, 0.717) is 13.1 Å². The molecule has 0 saturated heterocycles. The summed E-state index contributed by atoms with van der Waals surface area (Å²) in [7, 11) is 0. The first-order valence-corrected chi connectivity index (χ1v) is 7.77. The third-order valence-electron chi connectivity index (χ3n) is 3.42. The van der Waals surface area contributed by atoms with E-state index in [4.69, 9.17) is 16.3 Å². The summed E-state index contributed by atoms with van der Waals surface area (Å²) in [6.45, 7) is 2.57. The molecule has 0 aliphatic rings. The first-order chi connectivity index (χ1) is 11.5. The number of carbonyl (C=O) groups excluding carboxylic acids is 1. The van der Waals surface area contributed by atoms with Gasteiger partial charge in [-0.25, -0.2) is 0 Å². The van der Waals surface area contributed by atoms with Crippen LogP contribution < -0.4 is 4.74 Å². The molecular weight excluding hydrogens is 332 g/mol. The van der Waals surface area contributed by atoms with Crippen molar-refractivity contribution in [3.8, 4) is 5.75 Å². The molecule has 2 rings (SSSR count). The Labute approximate surface area is 144 Å². The minimum absolute atomic E-state index is 0.0218. The average Bonchev–Trinajstić information content (AvgIpc) is 2.59. The second-order valence-electron chi connectivity index (χ2n) is 5.05. The molecule has 0 aliphatic heterocycles. The molecule has 0 spiro atoms. The zero-order chi connectivity index (χ0) is 17.5. The van der Waals surface area contributed by atoms with E-state index in [1.165, 1.54) is 18.2 Å². The van der Waals surface area contributed by atoms with Crippen molar-refractivity contribution in [3.63, 3.8) is 0 Å². The predicted octanol–water partition coefficient (Wildman–Crippen LogP) is 3.68. The van der Waals surface area contributed by atoms with Crippen molar-refractivity contribution in [1.29, 1.82) is 0 Å². The molecule has 0 fully saturated rings. The highest BCUT2D eigenvalue weighted by molar-refractivity contribution is 6.30. The molecule has 126 valence electrons. The second-order valence-corrected chi connectivity index (χ2v) is 5.49. The van der Waals surface area contributed by atoms with Crippen LogP contribution in [0.1, 0.15) is 12.5 Å². The Morgan fingerprint density at radius 1 is 1.25 bits per heavy atom. The maximum absolute atomic E-state index is 12.3. The van der Waals surface area contributed by atoms with Gasteiger partial charge in [0, 0.05) is 24.2 Å². The molecule has 2 aromatic rings. The van der Waals surface area contributed by atoms with Crippen molar-refractivity contribution in [2.75, 3.05) is 13.2 Å². The lowest BCUT2D eigenvalue weighted by Crippen LogP contribution is -2.34. The zero-order valence-electron chi connectivity index (χ0n) is 13.1. The number of nitro groups is 1. The Hall–Kier alpha value is -2.60. The number of ether oxygens (including phenoxy) is 1. The molecule has 24 heavy (non-hydrogen) atoms. The summed E-state index contributed by atoms with van der Waals surface area (Å²) in [5, 5.41) is 11.3. The number of carbonyl (C=O) groups is 1. The van der Waals surface area contributed by atoms with Gasteiger partial charge in [-0.05, 0) is 24.6 Å². The van der Waals surface area contributed by atoms with Crippen molar-refractivity contribution >= 4 is 23.2 Å². The normalized spacial score (nSPS) is 10.2. The fourth-order valence-corrected chi connectivity index (χ4v) is 2.33. The number of halogens is 1. The average molecular weight is 349 g/mol. The van der Waals surface area contributed by atoms with Gasteiger partial charge in [0.25, 0.3) is 5.91 Å². The number of likely N-dealkylation sites (N-methyl/N-ethyl adjacent to an activating group) is 1. The largest absolute Gasteiger partial charge is 0.477 e. The van der Waals surface area contributed by atoms with E-state index >= 15 is 0 Å². The highest BCUT2D eigenvalue weighted by Crippen LogP contribution is 2.29. The molecule has 0 saturated carbocycles. The third-order valence-corrected chi connectivity index (χ3v) is 3.65. The third kappa shape index (κ3) is 4.70. The predicted molar refractivity (Wildman–Crippen MR) is 91.1 cm³/mol. The fourth-order valence-electron chi connectivity index (χ4n) is 2.17. The van der Waals surface area contributed by atoms with Gasteiger partial charge in [-0.1, -0.05) is 41.9 Å². The summed E-state index contributed by atoms with van der Waals surface area (Å²) >= 11 is 5.75. The van der Waals surface area contributed by atoms with Crippen LogP contribution in [0.5, 0.6) is 5.75 Å². The lowest BCUT2D eigenvalue weighted by molar-refractivity contribution is -0.385. The van der Waals surface area contributed by atoms with Crippen LogP contribution in [0.25, 0.3) is 0 Å². The van der Waals surface area contributed by atoms with Gasteiger partial charge in [0.1, 0.15) is 0 Å². The number of rotatable bonds is 7. The number of hydrogen-bond acceptors (Lipinski definition) is 4. The maximum Gasteiger partial charge on any atom is 0.312 e. The van der Waals surface area contributed by atoms with Crippen molar-refractivity contribution in [2.45, 2.75) is 13.5 Å². The van der Waals surface area contributed by atoms with Gasteiger partial charge in [-0.15, -0.1) is 0 Å². The number of hydrogen-bond donors (Lipinski definition) is 0. The Balaban J connectivity index is 2.02. The monoisotopic (exact) mass is 348 g/mol. The van der Waals surface area contributed by atoms with Crippen LogP contribution in [-0.2, 0) is 11.3 Å². The van der Waals surface area contributed by atoms with E-state index in [0.717, 1.165) is 5.56 Å². The molecule has 0 bridgehead atoms. The van der Waals surface area contributed by atoms with E-state index in [1.54, 1.807) is 4.90 Å². The Morgan fingerprint density at radius 2 is 1.96 bits per heavy atom. The smallest absolute Gasteiger partial charge is 0.312 e. The summed E-state index contributed by atoms with van der Waals surface area (Å²) in [4.78, 5) is 24.4. The Bertz CT molecular complexity index is 722. The van der Waals surface area contributed by atoms with E-state index in [1.807, 2.05) is 37.3 Å². The van der Waals surface area contributed by atoms with Crippen LogP contribution >= 0.6 is 11.6 Å². The highest BCUT2D eigenvalue weighted by Gasteiger charge is 2.18. The molecule has 0 radical (unpaired) electrons. The molecular formula is C17H17ClN2O4. The van der Waals surface area contributed by atoms with Gasteiger partial charge >= 0.3 is 5.69 Å². The first-order valence-electron chi connectivity index (χ1n) is 7.39. The molecule has 7 heteroatoms. The molecule has 6 nitrogen and oxygen atoms in total. The fraction of sp³-hybridized carbons (Fsp3) is 0.235. The van der Waals surface area contributed by atoms with Gasteiger partial charge in [-0.2, -0.15) is 0 Å². The second kappa shape index (κ2) is 8.31. The minimum Gasteiger partial charge on any atom is -0.477 e. The van der Waals surface area contributed by atoms with E-state index in [2.05, 4.69) is 0 Å². The van der Waals surface area contributed by atoms with Crippen LogP contribution in [-0.4, -0.2) is 28.9 Å². The quantitative estimate of drug-likeness (QED) is 0.565. The summed E-state index contributed by atoms with van der Waals surface area (Å²) < 4.78 is 5.34. The lowest BCUT2D eigenvalue weighted by Gasteiger charge is -2.21. The van der Waals surface area contributed by atoms with Gasteiger partial charge in [-0.3, -0.25) is 14.9 Å². The van der Waals surface area contributed by atoms with Crippen LogP contribution in [0.15, 0.2) is 48.5 Å². The van der Waals surface area contributed by atoms with Crippen molar-refractivity contribution < 1.29 is 14.5 Å². The summed E-state index contributed by atoms with van der Waals surface area (Å²) in [6.07, 6.45) is 0. The Morgan fingerprint density at radius 3 is 2.58 bits per heavy atom. The van der Waals surface area contributed by atoms with E-state index in [9.17, 15) is 14.9 Å². The molecule has 2 aromatic carbocycles. The van der Waals surface area contributed by atoms with Gasteiger partial charge in [0.15, 0.2) is 12.4 Å². The van der Waals surface area contributed by atoms with Crippen LogP contribution in [0.2, 0.25) is 5.02 Å². The summed E-state index contributed by atoms with van der Waals surface area (Å²) in [5.41, 5.74) is 0.742. The van der Waals surface area contributed by atoms with E-state index in [-0.39, 0.29) is 29.0 Å². The van der Waals surface area contributed by atoms with Gasteiger partial charge < -0.3 is 9.64 Å². The number of amides is 1. The lowest BCUT2D eigenvalue weighted by atomic mass is 10.2. The summed E-state index contributed by atoms with van der Waals surface area (Å²) in [5.74, 6) is -0.223. The number of benzene rings is 2. The van der Waals surface area contributed by atoms with Crippen molar-refractivity contribution in [1.82, 2.24) is 4.90 Å². The van der Waals surface area contributed by atoms with Crippen LogP contribution in [0.3, 0.4) is 0 Å². The minimum atomic E-state index is -0.590. The molecule has 1 amide bonds. The number of nitro benzene ring substituents is 1. The zero-order valence-corrected chi connectivity index (χ0v) is 13.9. The molecule has 0 aromatic heterocycles. The first kappa shape index (κ1) is 17.7. The molecule has 0 heterocycles. The molecule has 0 unspecified atom stereocenters. The maximum atomic E-state index is 12.3. The van der Waals surface area contributed by atoms with Crippen LogP contribution in [0, 0.1) is 10.1 Å². The topological polar surface area (TPSA) is 72.7 Å². The SMILES string of the molecule is CCN(Cc1ccccc1)C(=O)COc1ccc(Cl)cc1[N+](=O)[O-]. The highest BCUT2D eigenvalue weighted by atomic mass is 35.5. The van der Waals surface area contributed by atoms with Crippen molar-refractivity contribution in [2.24, 2.45) is 0 Å². The molecule has 0 N–H and O–H groups in total. The number of nitrogens with zero attached hydrogens (tertiary/aromatic N) is 2. The Kier molecular flexibility index (Phi) is 6.14. The van der Waals surface area contributed by atoms with Crippen LogP contribution in [0.4, 0.5) is 5.69 Å². The van der Waals surface area contributed by atoms with Gasteiger partial charge in [0.05, 0.1) is 4.92 Å². The van der Waals surface area contributed by atoms with E-state index < -0.39 is 4.92 Å². The standard InChI is InChI=1S/C17H17ClN2O4/c1-2-19(11-13-6-4-3-5-7-13)17(21)12-24-16-9-8-14(18)10-15(16)20(22)23/h3-10H,2,11-12H2,1H3.